The van der Waals surface area contributed by atoms with Gasteiger partial charge < -0.3 is 15.1 Å². The molecule has 0 spiro atoms. The Bertz CT molecular complexity index is 1000. The fraction of sp³-hybridized carbons (Fsp3) is 0.583. The molecule has 5 nitrogen and oxygen atoms in total. The van der Waals surface area contributed by atoms with Crippen molar-refractivity contribution in [2.45, 2.75) is 50.5 Å². The first-order valence-corrected chi connectivity index (χ1v) is 11.4. The Morgan fingerprint density at radius 2 is 1.94 bits per heavy atom. The van der Waals surface area contributed by atoms with Crippen LogP contribution in [-0.2, 0) is 11.0 Å². The molecule has 2 fully saturated rings. The predicted octanol–water partition coefficient (Wildman–Crippen LogP) is 4.41. The molecule has 180 valence electrons. The van der Waals surface area contributed by atoms with Gasteiger partial charge in [0, 0.05) is 49.5 Å². The molecule has 2 aromatic rings. The van der Waals surface area contributed by atoms with Crippen LogP contribution < -0.4 is 10.2 Å². The minimum Gasteiger partial charge on any atom is -0.369 e. The topological polar surface area (TPSA) is 48.5 Å². The zero-order valence-electron chi connectivity index (χ0n) is 19.0. The van der Waals surface area contributed by atoms with Crippen LogP contribution in [0, 0.1) is 5.92 Å². The number of hydrogen-bond acceptors (Lipinski definition) is 4. The smallest absolute Gasteiger partial charge is 0.369 e. The van der Waals surface area contributed by atoms with Gasteiger partial charge >= 0.3 is 6.18 Å². The Balaban J connectivity index is 1.50. The first-order chi connectivity index (χ1) is 15.5. The predicted molar refractivity (Wildman–Crippen MR) is 120 cm³/mol. The van der Waals surface area contributed by atoms with Crippen LogP contribution in [0.1, 0.15) is 38.2 Å². The van der Waals surface area contributed by atoms with E-state index in [1.165, 1.54) is 12.3 Å². The van der Waals surface area contributed by atoms with E-state index in [4.69, 9.17) is 0 Å². The quantitative estimate of drug-likeness (QED) is 0.679. The fourth-order valence-corrected chi connectivity index (χ4v) is 5.08. The summed E-state index contributed by atoms with van der Waals surface area (Å²) in [6.45, 7) is 4.41. The van der Waals surface area contributed by atoms with Gasteiger partial charge in [-0.15, -0.1) is 0 Å². The highest BCUT2D eigenvalue weighted by molar-refractivity contribution is 5.94. The lowest BCUT2D eigenvalue weighted by atomic mass is 9.89. The highest BCUT2D eigenvalue weighted by atomic mass is 19.4. The van der Waals surface area contributed by atoms with Gasteiger partial charge in [-0.3, -0.25) is 9.78 Å². The summed E-state index contributed by atoms with van der Waals surface area (Å²) in [4.78, 5) is 20.7. The molecule has 0 bridgehead atoms. The van der Waals surface area contributed by atoms with E-state index in [1.54, 1.807) is 12.1 Å². The molecule has 9 heteroatoms. The van der Waals surface area contributed by atoms with Crippen molar-refractivity contribution in [3.63, 3.8) is 0 Å². The molecule has 0 radical (unpaired) electrons. The fourth-order valence-electron chi connectivity index (χ4n) is 5.08. The highest BCUT2D eigenvalue weighted by Crippen LogP contribution is 2.38. The van der Waals surface area contributed by atoms with Gasteiger partial charge in [0.25, 0.3) is 0 Å². The van der Waals surface area contributed by atoms with Gasteiger partial charge in [-0.1, -0.05) is 6.92 Å². The number of alkyl halides is 4. The number of anilines is 1. The van der Waals surface area contributed by atoms with Crippen LogP contribution in [0.4, 0.5) is 23.2 Å². The summed E-state index contributed by atoms with van der Waals surface area (Å²) in [7, 11) is 1.94. The van der Waals surface area contributed by atoms with Gasteiger partial charge in [-0.05, 0) is 56.5 Å². The Morgan fingerprint density at radius 3 is 2.64 bits per heavy atom. The number of likely N-dealkylation sites (tertiary alicyclic amines) is 1. The number of carbonyl (C=O) groups excluding carboxylic acids is 1. The van der Waals surface area contributed by atoms with E-state index >= 15 is 4.39 Å². The van der Waals surface area contributed by atoms with Crippen LogP contribution >= 0.6 is 0 Å². The minimum absolute atomic E-state index is 0.0806. The molecule has 2 aliphatic heterocycles. The second-order valence-corrected chi connectivity index (χ2v) is 9.67. The monoisotopic (exact) mass is 466 g/mol. The van der Waals surface area contributed by atoms with Gasteiger partial charge in [0.05, 0.1) is 17.5 Å². The summed E-state index contributed by atoms with van der Waals surface area (Å²) in [6.07, 6.45) is -1.87. The summed E-state index contributed by atoms with van der Waals surface area (Å²) in [5, 5.41) is 3.42. The van der Waals surface area contributed by atoms with Crippen LogP contribution in [-0.4, -0.2) is 60.7 Å². The van der Waals surface area contributed by atoms with Gasteiger partial charge in [0.15, 0.2) is 0 Å². The Hall–Kier alpha value is -2.42. The van der Waals surface area contributed by atoms with Crippen LogP contribution in [0.3, 0.4) is 0 Å². The maximum Gasteiger partial charge on any atom is 0.418 e. The molecule has 2 unspecified atom stereocenters. The molecule has 4 rings (SSSR count). The molecule has 33 heavy (non-hydrogen) atoms. The van der Waals surface area contributed by atoms with Gasteiger partial charge in [0.2, 0.25) is 5.91 Å². The number of rotatable bonds is 4. The number of halogens is 4. The second-order valence-electron chi connectivity index (χ2n) is 9.67. The first-order valence-electron chi connectivity index (χ1n) is 11.4. The maximum absolute atomic E-state index is 15.1. The number of carbonyl (C=O) groups is 1. The molecule has 1 aromatic carbocycles. The largest absolute Gasteiger partial charge is 0.418 e. The molecule has 1 amide bonds. The lowest BCUT2D eigenvalue weighted by Gasteiger charge is -2.39. The number of nitrogens with zero attached hydrogens (tertiary/aromatic N) is 3. The van der Waals surface area contributed by atoms with Gasteiger partial charge in [0.1, 0.15) is 5.67 Å². The van der Waals surface area contributed by atoms with Crippen LogP contribution in [0.5, 0.6) is 0 Å². The molecule has 0 aliphatic carbocycles. The Morgan fingerprint density at radius 1 is 1.21 bits per heavy atom. The number of aromatic nitrogens is 1. The zero-order valence-corrected chi connectivity index (χ0v) is 19.0. The summed E-state index contributed by atoms with van der Waals surface area (Å²) in [6, 6.07) is 5.63. The summed E-state index contributed by atoms with van der Waals surface area (Å²) < 4.78 is 55.5. The van der Waals surface area contributed by atoms with Crippen LogP contribution in [0.2, 0.25) is 0 Å². The number of fused-ring (bicyclic) bond motifs is 1. The normalized spacial score (nSPS) is 24.1. The van der Waals surface area contributed by atoms with Crippen molar-refractivity contribution in [1.82, 2.24) is 15.2 Å². The number of nitrogens with one attached hydrogen (secondary N) is 1. The van der Waals surface area contributed by atoms with Crippen LogP contribution in [0.15, 0.2) is 30.5 Å². The van der Waals surface area contributed by atoms with Crippen molar-refractivity contribution < 1.29 is 22.4 Å². The maximum atomic E-state index is 15.1. The zero-order chi connectivity index (χ0) is 23.8. The van der Waals surface area contributed by atoms with E-state index in [1.807, 2.05) is 18.9 Å². The van der Waals surface area contributed by atoms with E-state index in [0.717, 1.165) is 12.5 Å². The molecule has 1 aromatic heterocycles. The van der Waals surface area contributed by atoms with E-state index in [0.29, 0.717) is 50.1 Å². The Labute approximate surface area is 191 Å². The van der Waals surface area contributed by atoms with Crippen molar-refractivity contribution in [2.75, 3.05) is 38.1 Å². The van der Waals surface area contributed by atoms with E-state index in [9.17, 15) is 18.0 Å². The minimum atomic E-state index is -4.49. The average Bonchev–Trinajstić information content (AvgIpc) is 2.74. The van der Waals surface area contributed by atoms with Crippen molar-refractivity contribution in [1.29, 1.82) is 0 Å². The number of hydrogen-bond donors (Lipinski definition) is 1. The lowest BCUT2D eigenvalue weighted by molar-refractivity contribution is -0.136. The second kappa shape index (κ2) is 9.08. The van der Waals surface area contributed by atoms with Crippen molar-refractivity contribution >= 4 is 22.5 Å². The first kappa shape index (κ1) is 23.7. The third-order valence-corrected chi connectivity index (χ3v) is 6.78. The molecular weight excluding hydrogens is 436 g/mol. The van der Waals surface area contributed by atoms with E-state index in [2.05, 4.69) is 15.2 Å². The number of benzene rings is 1. The third kappa shape index (κ3) is 5.39. The Kier molecular flexibility index (Phi) is 6.53. The van der Waals surface area contributed by atoms with Crippen molar-refractivity contribution in [3.8, 4) is 0 Å². The highest BCUT2D eigenvalue weighted by Gasteiger charge is 2.37. The van der Waals surface area contributed by atoms with E-state index in [-0.39, 0.29) is 29.8 Å². The molecule has 0 saturated carbocycles. The van der Waals surface area contributed by atoms with Crippen molar-refractivity contribution in [2.24, 2.45) is 5.92 Å². The standard InChI is InChI=1S/C24H30F4N4O/c1-16-12-17(30-21(33)13-23(25)7-10-31(2)11-8-23)15-32(14-16)20-6-5-19(24(26,27)28)22-18(20)4-3-9-29-22/h3-6,9,16-17H,7-8,10-15H2,1-2H3,(H,30,33). The number of amides is 1. The van der Waals surface area contributed by atoms with Crippen molar-refractivity contribution in [3.05, 3.63) is 36.0 Å². The number of piperidine rings is 2. The average molecular weight is 467 g/mol. The summed E-state index contributed by atoms with van der Waals surface area (Å²) in [5.41, 5.74) is -1.66. The summed E-state index contributed by atoms with van der Waals surface area (Å²) >= 11 is 0. The molecule has 2 saturated heterocycles. The molecule has 2 atom stereocenters. The molecule has 1 N–H and O–H groups in total. The SMILES string of the molecule is CC1CC(NC(=O)CC2(F)CCN(C)CC2)CN(c2ccc(C(F)(F)F)c3ncccc23)C1. The number of pyridine rings is 1. The molecular formula is C24H30F4N4O. The van der Waals surface area contributed by atoms with Gasteiger partial charge in [-0.2, -0.15) is 13.2 Å². The lowest BCUT2D eigenvalue weighted by Crippen LogP contribution is -2.52. The molecule has 3 heterocycles. The van der Waals surface area contributed by atoms with E-state index < -0.39 is 17.4 Å². The summed E-state index contributed by atoms with van der Waals surface area (Å²) in [5.74, 6) is -0.0965. The molecule has 2 aliphatic rings. The third-order valence-electron chi connectivity index (χ3n) is 6.78. The van der Waals surface area contributed by atoms with Gasteiger partial charge in [-0.25, -0.2) is 4.39 Å². The van der Waals surface area contributed by atoms with Crippen LogP contribution in [0.25, 0.3) is 10.9 Å².